The van der Waals surface area contributed by atoms with Gasteiger partial charge in [0.25, 0.3) is 0 Å². The fourth-order valence-corrected chi connectivity index (χ4v) is 1.73. The van der Waals surface area contributed by atoms with Crippen molar-refractivity contribution in [1.82, 2.24) is 9.97 Å². The van der Waals surface area contributed by atoms with Crippen LogP contribution in [0.3, 0.4) is 0 Å². The van der Waals surface area contributed by atoms with Gasteiger partial charge in [-0.2, -0.15) is 0 Å². The molecule has 1 heterocycles. The molecule has 88 valence electrons. The van der Waals surface area contributed by atoms with Crippen molar-refractivity contribution in [2.45, 2.75) is 19.8 Å². The molecule has 0 spiro atoms. The van der Waals surface area contributed by atoms with E-state index in [4.69, 9.17) is 17.3 Å². The van der Waals surface area contributed by atoms with Crippen molar-refractivity contribution in [3.05, 3.63) is 41.2 Å². The van der Waals surface area contributed by atoms with Gasteiger partial charge in [0, 0.05) is 22.6 Å². The normalized spacial score (nSPS) is 10.8. The zero-order chi connectivity index (χ0) is 12.4. The first-order valence-corrected chi connectivity index (χ1v) is 5.84. The van der Waals surface area contributed by atoms with Crippen molar-refractivity contribution in [3.8, 4) is 11.3 Å². The molecule has 17 heavy (non-hydrogen) atoms. The molecule has 0 bridgehead atoms. The number of hydrogen-bond acceptors (Lipinski definition) is 3. The lowest BCUT2D eigenvalue weighted by atomic mass is 10.1. The summed E-state index contributed by atoms with van der Waals surface area (Å²) < 4.78 is 0. The SMILES string of the molecule is CC(C)c1nc(N)cc(-c2cccc(Cl)c2)n1. The van der Waals surface area contributed by atoms with E-state index in [0.717, 1.165) is 17.1 Å². The second kappa shape index (κ2) is 4.72. The first-order valence-electron chi connectivity index (χ1n) is 5.46. The molecule has 2 rings (SSSR count). The van der Waals surface area contributed by atoms with Gasteiger partial charge in [0.05, 0.1) is 5.69 Å². The maximum Gasteiger partial charge on any atom is 0.133 e. The molecule has 3 nitrogen and oxygen atoms in total. The standard InChI is InChI=1S/C13H14ClN3/c1-8(2)13-16-11(7-12(15)17-13)9-4-3-5-10(14)6-9/h3-8H,1-2H3,(H2,15,16,17). The van der Waals surface area contributed by atoms with E-state index in [2.05, 4.69) is 9.97 Å². The fraction of sp³-hybridized carbons (Fsp3) is 0.231. The molecule has 0 radical (unpaired) electrons. The Morgan fingerprint density at radius 3 is 2.59 bits per heavy atom. The minimum Gasteiger partial charge on any atom is -0.384 e. The Hall–Kier alpha value is -1.61. The topological polar surface area (TPSA) is 51.8 Å². The van der Waals surface area contributed by atoms with Crippen LogP contribution in [-0.4, -0.2) is 9.97 Å². The average Bonchev–Trinajstić information content (AvgIpc) is 2.28. The third kappa shape index (κ3) is 2.74. The van der Waals surface area contributed by atoms with Gasteiger partial charge in [0.2, 0.25) is 0 Å². The van der Waals surface area contributed by atoms with Crippen LogP contribution in [-0.2, 0) is 0 Å². The van der Waals surface area contributed by atoms with E-state index in [1.54, 1.807) is 6.07 Å². The third-order valence-electron chi connectivity index (χ3n) is 2.40. The fourth-order valence-electron chi connectivity index (χ4n) is 1.54. The van der Waals surface area contributed by atoms with Crippen LogP contribution >= 0.6 is 11.6 Å². The number of hydrogen-bond donors (Lipinski definition) is 1. The number of nitrogens with two attached hydrogens (primary N) is 1. The van der Waals surface area contributed by atoms with E-state index in [1.165, 1.54) is 0 Å². The highest BCUT2D eigenvalue weighted by atomic mass is 35.5. The second-order valence-corrected chi connectivity index (χ2v) is 4.64. The van der Waals surface area contributed by atoms with E-state index < -0.39 is 0 Å². The van der Waals surface area contributed by atoms with Crippen LogP contribution in [0.25, 0.3) is 11.3 Å². The highest BCUT2D eigenvalue weighted by Crippen LogP contribution is 2.23. The van der Waals surface area contributed by atoms with Crippen LogP contribution in [0, 0.1) is 0 Å². The van der Waals surface area contributed by atoms with Crippen LogP contribution in [0.15, 0.2) is 30.3 Å². The first kappa shape index (κ1) is 11.9. The van der Waals surface area contributed by atoms with Crippen molar-refractivity contribution in [1.29, 1.82) is 0 Å². The molecule has 2 N–H and O–H groups in total. The van der Waals surface area contributed by atoms with Crippen molar-refractivity contribution < 1.29 is 0 Å². The summed E-state index contributed by atoms with van der Waals surface area (Å²) in [5.74, 6) is 1.48. The molecule has 0 aliphatic carbocycles. The van der Waals surface area contributed by atoms with Crippen LogP contribution < -0.4 is 5.73 Å². The van der Waals surface area contributed by atoms with Crippen molar-refractivity contribution in [2.75, 3.05) is 5.73 Å². The second-order valence-electron chi connectivity index (χ2n) is 4.20. The van der Waals surface area contributed by atoms with Gasteiger partial charge in [-0.05, 0) is 12.1 Å². The third-order valence-corrected chi connectivity index (χ3v) is 2.64. The van der Waals surface area contributed by atoms with Crippen LogP contribution in [0.2, 0.25) is 5.02 Å². The van der Waals surface area contributed by atoms with Gasteiger partial charge in [-0.1, -0.05) is 37.6 Å². The highest BCUT2D eigenvalue weighted by Gasteiger charge is 2.08. The molecule has 0 amide bonds. The minimum absolute atomic E-state index is 0.247. The van der Waals surface area contributed by atoms with Crippen molar-refractivity contribution in [3.63, 3.8) is 0 Å². The van der Waals surface area contributed by atoms with E-state index in [9.17, 15) is 0 Å². The number of nitrogen functional groups attached to an aromatic ring is 1. The molecule has 0 saturated carbocycles. The maximum atomic E-state index is 5.96. The minimum atomic E-state index is 0.247. The summed E-state index contributed by atoms with van der Waals surface area (Å²) in [5, 5.41) is 0.686. The Morgan fingerprint density at radius 2 is 1.94 bits per heavy atom. The molecule has 0 unspecified atom stereocenters. The molecule has 1 aromatic heterocycles. The monoisotopic (exact) mass is 247 g/mol. The summed E-state index contributed by atoms with van der Waals surface area (Å²) in [4.78, 5) is 8.71. The highest BCUT2D eigenvalue weighted by molar-refractivity contribution is 6.30. The molecule has 0 aliphatic heterocycles. The predicted molar refractivity (Wildman–Crippen MR) is 71.0 cm³/mol. The van der Waals surface area contributed by atoms with Gasteiger partial charge in [-0.15, -0.1) is 0 Å². The first-order chi connectivity index (χ1) is 8.06. The molecular formula is C13H14ClN3. The van der Waals surface area contributed by atoms with Crippen molar-refractivity contribution >= 4 is 17.4 Å². The summed E-state index contributed by atoms with van der Waals surface area (Å²) in [6.45, 7) is 4.08. The Labute approximate surface area is 106 Å². The van der Waals surface area contributed by atoms with Crippen molar-refractivity contribution in [2.24, 2.45) is 0 Å². The van der Waals surface area contributed by atoms with Gasteiger partial charge < -0.3 is 5.73 Å². The maximum absolute atomic E-state index is 5.96. The Morgan fingerprint density at radius 1 is 1.18 bits per heavy atom. The lowest BCUT2D eigenvalue weighted by Crippen LogP contribution is -2.02. The van der Waals surface area contributed by atoms with Crippen LogP contribution in [0.1, 0.15) is 25.6 Å². The average molecular weight is 248 g/mol. The molecule has 4 heteroatoms. The van der Waals surface area contributed by atoms with E-state index in [1.807, 2.05) is 38.1 Å². The summed E-state index contributed by atoms with van der Waals surface area (Å²) in [6.07, 6.45) is 0. The van der Waals surface area contributed by atoms with Crippen LogP contribution in [0.5, 0.6) is 0 Å². The quantitative estimate of drug-likeness (QED) is 0.884. The van der Waals surface area contributed by atoms with Gasteiger partial charge in [-0.25, -0.2) is 9.97 Å². The molecule has 0 atom stereocenters. The molecular weight excluding hydrogens is 234 g/mol. The summed E-state index contributed by atoms with van der Waals surface area (Å²) in [6, 6.07) is 9.31. The lowest BCUT2D eigenvalue weighted by Gasteiger charge is -2.08. The molecule has 0 fully saturated rings. The number of anilines is 1. The summed E-state index contributed by atoms with van der Waals surface area (Å²) >= 11 is 5.96. The Kier molecular flexibility index (Phi) is 3.29. The summed E-state index contributed by atoms with van der Waals surface area (Å²) in [5.41, 5.74) is 7.55. The molecule has 1 aromatic carbocycles. The van der Waals surface area contributed by atoms with E-state index in [-0.39, 0.29) is 5.92 Å². The van der Waals surface area contributed by atoms with Gasteiger partial charge in [0.15, 0.2) is 0 Å². The number of benzene rings is 1. The molecule has 0 aliphatic rings. The Bertz CT molecular complexity index is 538. The number of halogens is 1. The largest absolute Gasteiger partial charge is 0.384 e. The Balaban J connectivity index is 2.52. The predicted octanol–water partition coefficient (Wildman–Crippen LogP) is 3.50. The van der Waals surface area contributed by atoms with Crippen LogP contribution in [0.4, 0.5) is 5.82 Å². The number of nitrogens with zero attached hydrogens (tertiary/aromatic N) is 2. The molecule has 2 aromatic rings. The van der Waals surface area contributed by atoms with Gasteiger partial charge in [0.1, 0.15) is 11.6 Å². The number of aromatic nitrogens is 2. The number of rotatable bonds is 2. The van der Waals surface area contributed by atoms with E-state index in [0.29, 0.717) is 10.8 Å². The lowest BCUT2D eigenvalue weighted by molar-refractivity contribution is 0.779. The van der Waals surface area contributed by atoms with Gasteiger partial charge in [-0.3, -0.25) is 0 Å². The smallest absolute Gasteiger partial charge is 0.133 e. The van der Waals surface area contributed by atoms with Gasteiger partial charge >= 0.3 is 0 Å². The summed E-state index contributed by atoms with van der Waals surface area (Å²) in [7, 11) is 0. The zero-order valence-corrected chi connectivity index (χ0v) is 10.6. The van der Waals surface area contributed by atoms with E-state index >= 15 is 0 Å². The molecule has 0 saturated heterocycles. The zero-order valence-electron chi connectivity index (χ0n) is 9.81.